The maximum Gasteiger partial charge on any atom is 0.328 e. The Morgan fingerprint density at radius 1 is 0.935 bits per heavy atom. The zero-order valence-corrected chi connectivity index (χ0v) is 30.6. The van der Waals surface area contributed by atoms with E-state index in [0.717, 1.165) is 51.4 Å². The molecule has 0 aliphatic heterocycles. The molecule has 5 rings (SSSR count). The summed E-state index contributed by atoms with van der Waals surface area (Å²) in [6.45, 7) is 21.7. The Balaban J connectivity index is 1.49. The third-order valence-electron chi connectivity index (χ3n) is 14.9. The van der Waals surface area contributed by atoms with Crippen molar-refractivity contribution < 1.29 is 28.7 Å². The molecule has 5 aliphatic carbocycles. The third kappa shape index (κ3) is 5.19. The number of ether oxygens (including phenoxy) is 2. The highest BCUT2D eigenvalue weighted by Gasteiger charge is 2.70. The molecule has 4 saturated carbocycles. The molecule has 7 heteroatoms. The van der Waals surface area contributed by atoms with Crippen molar-refractivity contribution in [3.05, 3.63) is 11.6 Å². The van der Waals surface area contributed by atoms with Crippen molar-refractivity contribution in [1.82, 2.24) is 5.32 Å². The summed E-state index contributed by atoms with van der Waals surface area (Å²) in [6, 6.07) is -0.662. The number of methoxy groups -OCH3 is 1. The number of amides is 1. The van der Waals surface area contributed by atoms with Crippen molar-refractivity contribution in [1.29, 1.82) is 0 Å². The molecule has 1 N–H and O–H groups in total. The van der Waals surface area contributed by atoms with E-state index in [2.05, 4.69) is 53.8 Å². The molecule has 46 heavy (non-hydrogen) atoms. The fourth-order valence-electron chi connectivity index (χ4n) is 11.9. The highest BCUT2D eigenvalue weighted by Crippen LogP contribution is 2.75. The van der Waals surface area contributed by atoms with Crippen LogP contribution in [-0.2, 0) is 28.7 Å². The Bertz CT molecular complexity index is 1320. The van der Waals surface area contributed by atoms with E-state index in [1.165, 1.54) is 19.6 Å². The molecule has 4 fully saturated rings. The molecule has 0 saturated heterocycles. The smallest absolute Gasteiger partial charge is 0.328 e. The molecule has 1 amide bonds. The number of carbonyl (C=O) groups is 4. The number of allylic oxidation sites excluding steroid dienone is 2. The van der Waals surface area contributed by atoms with E-state index in [9.17, 15) is 19.2 Å². The van der Waals surface area contributed by atoms with Crippen molar-refractivity contribution in [2.24, 2.45) is 56.2 Å². The molecule has 258 valence electrons. The molecule has 7 nitrogen and oxygen atoms in total. The van der Waals surface area contributed by atoms with Crippen molar-refractivity contribution in [3.63, 3.8) is 0 Å². The van der Waals surface area contributed by atoms with Gasteiger partial charge in [0.15, 0.2) is 5.78 Å². The van der Waals surface area contributed by atoms with Gasteiger partial charge in [0.1, 0.15) is 12.1 Å². The van der Waals surface area contributed by atoms with E-state index in [1.54, 1.807) is 0 Å². The van der Waals surface area contributed by atoms with Gasteiger partial charge in [0.05, 0.1) is 7.11 Å². The lowest BCUT2D eigenvalue weighted by molar-refractivity contribution is -0.210. The second-order valence-corrected chi connectivity index (χ2v) is 18.4. The van der Waals surface area contributed by atoms with Gasteiger partial charge in [-0.15, -0.1) is 0 Å². The minimum Gasteiger partial charge on any atom is -0.467 e. The first-order valence-corrected chi connectivity index (χ1v) is 18.0. The molecule has 0 heterocycles. The van der Waals surface area contributed by atoms with E-state index in [4.69, 9.17) is 9.47 Å². The predicted molar refractivity (Wildman–Crippen MR) is 178 cm³/mol. The zero-order chi connectivity index (χ0) is 34.3. The van der Waals surface area contributed by atoms with E-state index >= 15 is 0 Å². The Morgan fingerprint density at radius 2 is 1.59 bits per heavy atom. The highest BCUT2D eigenvalue weighted by molar-refractivity contribution is 5.96. The SMILES string of the molecule is COC(=O)C(CC(C)C)NC(=O)[C@@]1(C)CC[C@]2(C)CC[C@]3(C)C(=CC(=O)[C@@H]4[C@@]5(C)CC[C@H](OC(C)=O)C(C)(C)[C@@H]5CC[C@]43C)[C@@H]2C1. The van der Waals surface area contributed by atoms with Gasteiger partial charge in [-0.2, -0.15) is 0 Å². The first-order chi connectivity index (χ1) is 21.2. The van der Waals surface area contributed by atoms with Gasteiger partial charge in [-0.3, -0.25) is 14.4 Å². The average molecular weight is 640 g/mol. The van der Waals surface area contributed by atoms with E-state index in [-0.39, 0.29) is 74.5 Å². The highest BCUT2D eigenvalue weighted by atomic mass is 16.5. The summed E-state index contributed by atoms with van der Waals surface area (Å²) in [5, 5.41) is 3.09. The molecule has 0 spiro atoms. The van der Waals surface area contributed by atoms with Crippen LogP contribution in [0.15, 0.2) is 11.6 Å². The molecular formula is C39H61NO6. The summed E-state index contributed by atoms with van der Waals surface area (Å²) in [6.07, 6.45) is 10.6. The zero-order valence-electron chi connectivity index (χ0n) is 30.6. The minimum absolute atomic E-state index is 0.0273. The van der Waals surface area contributed by atoms with Crippen LogP contribution in [0.4, 0.5) is 0 Å². The van der Waals surface area contributed by atoms with Crippen LogP contribution in [0.3, 0.4) is 0 Å². The molecule has 0 radical (unpaired) electrons. The summed E-state index contributed by atoms with van der Waals surface area (Å²) < 4.78 is 10.9. The second kappa shape index (κ2) is 11.5. The lowest BCUT2D eigenvalue weighted by Gasteiger charge is -2.70. The van der Waals surface area contributed by atoms with Gasteiger partial charge in [-0.1, -0.05) is 67.9 Å². The largest absolute Gasteiger partial charge is 0.467 e. The summed E-state index contributed by atoms with van der Waals surface area (Å²) in [4.78, 5) is 53.3. The molecule has 10 atom stereocenters. The molecule has 1 unspecified atom stereocenters. The van der Waals surface area contributed by atoms with Crippen molar-refractivity contribution >= 4 is 23.6 Å². The third-order valence-corrected chi connectivity index (χ3v) is 14.9. The number of nitrogens with one attached hydrogen (secondary N) is 1. The monoisotopic (exact) mass is 639 g/mol. The average Bonchev–Trinajstić information content (AvgIpc) is 2.95. The van der Waals surface area contributed by atoms with Gasteiger partial charge >= 0.3 is 11.9 Å². The van der Waals surface area contributed by atoms with E-state index in [0.29, 0.717) is 12.8 Å². The van der Waals surface area contributed by atoms with Gasteiger partial charge in [-0.25, -0.2) is 4.79 Å². The molecule has 0 aromatic heterocycles. The second-order valence-electron chi connectivity index (χ2n) is 18.4. The van der Waals surface area contributed by atoms with Crippen LogP contribution in [0.25, 0.3) is 0 Å². The van der Waals surface area contributed by atoms with Crippen LogP contribution in [0.2, 0.25) is 0 Å². The number of fused-ring (bicyclic) bond motifs is 7. The lowest BCUT2D eigenvalue weighted by Crippen LogP contribution is -2.67. The van der Waals surface area contributed by atoms with Gasteiger partial charge in [0.2, 0.25) is 5.91 Å². The first kappa shape index (κ1) is 35.1. The predicted octanol–water partition coefficient (Wildman–Crippen LogP) is 7.60. The number of hydrogen-bond donors (Lipinski definition) is 1. The van der Waals surface area contributed by atoms with Crippen LogP contribution in [0.1, 0.15) is 133 Å². The topological polar surface area (TPSA) is 98.8 Å². The molecule has 0 aromatic rings. The van der Waals surface area contributed by atoms with Crippen LogP contribution >= 0.6 is 0 Å². The summed E-state index contributed by atoms with van der Waals surface area (Å²) in [5.41, 5.74) is -0.0979. The van der Waals surface area contributed by atoms with Crippen LogP contribution in [-0.4, -0.2) is 42.9 Å². The fraction of sp³-hybridized carbons (Fsp3) is 0.846. The van der Waals surface area contributed by atoms with Crippen molar-refractivity contribution in [2.45, 2.75) is 146 Å². The van der Waals surface area contributed by atoms with Crippen molar-refractivity contribution in [2.75, 3.05) is 7.11 Å². The first-order valence-electron chi connectivity index (χ1n) is 18.0. The fourth-order valence-corrected chi connectivity index (χ4v) is 11.9. The molecule has 0 aromatic carbocycles. The number of ketones is 1. The Labute approximate surface area is 277 Å². The minimum atomic E-state index is -0.662. The standard InChI is InChI=1S/C39H61NO6/c1-23(2)20-27(32(43)45-11)40-33(44)36(7)17-16-35(6)18-19-38(9)25(26(35)22-36)21-28(42)31-37(8)14-13-30(46-24(3)41)34(4,5)29(37)12-15-39(31,38)10/h21,23,26-27,29-31H,12-20,22H2,1-11H3,(H,40,44)/t26-,27?,29-,30-,31+,35+,36-,37-,38+,39+/m0/s1. The van der Waals surface area contributed by atoms with Gasteiger partial charge in [-0.05, 0) is 110 Å². The number of esters is 2. The molecule has 5 aliphatic rings. The van der Waals surface area contributed by atoms with Crippen molar-refractivity contribution in [3.8, 4) is 0 Å². The normalized spacial score (nSPS) is 43.6. The summed E-state index contributed by atoms with van der Waals surface area (Å²) >= 11 is 0. The van der Waals surface area contributed by atoms with Gasteiger partial charge in [0, 0.05) is 23.7 Å². The van der Waals surface area contributed by atoms with Gasteiger partial charge in [0.25, 0.3) is 0 Å². The van der Waals surface area contributed by atoms with Crippen LogP contribution in [0, 0.1) is 56.2 Å². The van der Waals surface area contributed by atoms with Crippen LogP contribution < -0.4 is 5.32 Å². The number of hydrogen-bond acceptors (Lipinski definition) is 6. The van der Waals surface area contributed by atoms with E-state index < -0.39 is 17.4 Å². The summed E-state index contributed by atoms with van der Waals surface area (Å²) in [5.74, 6) is 0.100. The van der Waals surface area contributed by atoms with Crippen LogP contribution in [0.5, 0.6) is 0 Å². The maximum atomic E-state index is 14.7. The molecular weight excluding hydrogens is 578 g/mol. The lowest BCUT2D eigenvalue weighted by atomic mass is 9.33. The number of carbonyl (C=O) groups excluding carboxylic acids is 4. The molecule has 0 bridgehead atoms. The quantitative estimate of drug-likeness (QED) is 0.301. The maximum absolute atomic E-state index is 14.7. The summed E-state index contributed by atoms with van der Waals surface area (Å²) in [7, 11) is 1.37. The Kier molecular flexibility index (Phi) is 8.76. The number of rotatable bonds is 6. The van der Waals surface area contributed by atoms with Gasteiger partial charge < -0.3 is 14.8 Å². The Hall–Kier alpha value is -2.18. The van der Waals surface area contributed by atoms with E-state index in [1.807, 2.05) is 19.9 Å². The Morgan fingerprint density at radius 3 is 2.20 bits per heavy atom.